The number of benzene rings is 1. The fraction of sp³-hybridized carbons (Fsp3) is 0.412. The molecule has 2 rings (SSSR count). The number of aromatic nitrogens is 2. The first-order valence-corrected chi connectivity index (χ1v) is 7.50. The van der Waals surface area contributed by atoms with E-state index in [2.05, 4.69) is 29.4 Å². The highest BCUT2D eigenvalue weighted by Crippen LogP contribution is 2.22. The van der Waals surface area contributed by atoms with E-state index in [1.165, 1.54) is 0 Å². The number of hydrogen-bond acceptors (Lipinski definition) is 3. The molecule has 0 fully saturated rings. The van der Waals surface area contributed by atoms with Gasteiger partial charge < -0.3 is 10.2 Å². The molecule has 2 N–H and O–H groups in total. The lowest BCUT2D eigenvalue weighted by molar-refractivity contribution is 0.102. The topological polar surface area (TPSA) is 61.0 Å². The van der Waals surface area contributed by atoms with Crippen molar-refractivity contribution in [2.45, 2.75) is 27.2 Å². The van der Waals surface area contributed by atoms with Crippen LogP contribution in [0.2, 0.25) is 0 Å². The van der Waals surface area contributed by atoms with E-state index in [0.29, 0.717) is 11.6 Å². The Morgan fingerprint density at radius 2 is 2.05 bits per heavy atom. The zero-order chi connectivity index (χ0) is 16.3. The number of aromatic amines is 1. The van der Waals surface area contributed by atoms with Crippen molar-refractivity contribution in [2.24, 2.45) is 5.92 Å². The molecule has 0 radical (unpaired) electrons. The van der Waals surface area contributed by atoms with Crippen molar-refractivity contribution in [1.29, 1.82) is 0 Å². The number of nitrogens with zero attached hydrogens (tertiary/aromatic N) is 2. The summed E-state index contributed by atoms with van der Waals surface area (Å²) >= 11 is 0. The van der Waals surface area contributed by atoms with Crippen molar-refractivity contribution in [2.75, 3.05) is 24.3 Å². The van der Waals surface area contributed by atoms with Crippen molar-refractivity contribution in [3.63, 3.8) is 0 Å². The normalized spacial score (nSPS) is 10.8. The smallest absolute Gasteiger partial charge is 0.276 e. The van der Waals surface area contributed by atoms with Crippen LogP contribution in [0.5, 0.6) is 0 Å². The molecule has 22 heavy (non-hydrogen) atoms. The van der Waals surface area contributed by atoms with Gasteiger partial charge in [0.15, 0.2) is 5.69 Å². The summed E-state index contributed by atoms with van der Waals surface area (Å²) in [6, 6.07) is 7.69. The molecule has 5 heteroatoms. The molecule has 0 saturated carbocycles. The first-order chi connectivity index (χ1) is 10.4. The van der Waals surface area contributed by atoms with Gasteiger partial charge in [0, 0.05) is 31.2 Å². The third-order valence-corrected chi connectivity index (χ3v) is 3.43. The molecule has 1 amide bonds. The van der Waals surface area contributed by atoms with E-state index in [-0.39, 0.29) is 5.91 Å². The number of carbonyl (C=O) groups excluding carboxylic acids is 1. The summed E-state index contributed by atoms with van der Waals surface area (Å²) < 4.78 is 0. The van der Waals surface area contributed by atoms with Gasteiger partial charge in [-0.1, -0.05) is 13.8 Å². The lowest BCUT2D eigenvalue weighted by atomic mass is 10.1. The van der Waals surface area contributed by atoms with E-state index < -0.39 is 0 Å². The van der Waals surface area contributed by atoms with Gasteiger partial charge in [0.05, 0.1) is 0 Å². The van der Waals surface area contributed by atoms with Crippen LogP contribution in [0.4, 0.5) is 11.4 Å². The number of rotatable bonds is 5. The summed E-state index contributed by atoms with van der Waals surface area (Å²) in [5.74, 6) is 0.334. The van der Waals surface area contributed by atoms with Gasteiger partial charge in [-0.05, 0) is 49.1 Å². The minimum atomic E-state index is -0.191. The SMILES string of the molecule is Cc1cc(NC(=O)c2cc(CC(C)C)[nH]n2)ccc1N(C)C. The van der Waals surface area contributed by atoms with Gasteiger partial charge in [-0.2, -0.15) is 5.10 Å². The molecule has 1 heterocycles. The molecule has 0 aliphatic rings. The summed E-state index contributed by atoms with van der Waals surface area (Å²) in [4.78, 5) is 14.3. The molecule has 2 aromatic rings. The molecular formula is C17H24N4O. The molecule has 0 bridgehead atoms. The van der Waals surface area contributed by atoms with Crippen molar-refractivity contribution in [1.82, 2.24) is 10.2 Å². The van der Waals surface area contributed by atoms with Gasteiger partial charge in [0.2, 0.25) is 0 Å². The number of hydrogen-bond donors (Lipinski definition) is 2. The highest BCUT2D eigenvalue weighted by molar-refractivity contribution is 6.03. The van der Waals surface area contributed by atoms with Crippen molar-refractivity contribution in [3.8, 4) is 0 Å². The molecule has 1 aromatic heterocycles. The number of carbonyl (C=O) groups is 1. The highest BCUT2D eigenvalue weighted by atomic mass is 16.1. The van der Waals surface area contributed by atoms with E-state index >= 15 is 0 Å². The number of anilines is 2. The minimum absolute atomic E-state index is 0.191. The van der Waals surface area contributed by atoms with E-state index in [0.717, 1.165) is 29.1 Å². The summed E-state index contributed by atoms with van der Waals surface area (Å²) in [7, 11) is 4.00. The summed E-state index contributed by atoms with van der Waals surface area (Å²) in [6.45, 7) is 6.30. The van der Waals surface area contributed by atoms with Crippen LogP contribution in [0.25, 0.3) is 0 Å². The average Bonchev–Trinajstić information content (AvgIpc) is 2.86. The molecule has 0 saturated heterocycles. The van der Waals surface area contributed by atoms with Gasteiger partial charge in [0.25, 0.3) is 5.91 Å². The number of aryl methyl sites for hydroxylation is 1. The van der Waals surface area contributed by atoms with Gasteiger partial charge in [0.1, 0.15) is 0 Å². The molecule has 5 nitrogen and oxygen atoms in total. The zero-order valence-corrected chi connectivity index (χ0v) is 13.9. The first-order valence-electron chi connectivity index (χ1n) is 7.50. The van der Waals surface area contributed by atoms with Crippen LogP contribution in [0.1, 0.15) is 35.6 Å². The number of H-pyrrole nitrogens is 1. The highest BCUT2D eigenvalue weighted by Gasteiger charge is 2.12. The van der Waals surface area contributed by atoms with Crippen molar-refractivity contribution < 1.29 is 4.79 Å². The van der Waals surface area contributed by atoms with Crippen LogP contribution >= 0.6 is 0 Å². The van der Waals surface area contributed by atoms with Gasteiger partial charge in [-0.15, -0.1) is 0 Å². The molecule has 1 aromatic carbocycles. The van der Waals surface area contributed by atoms with Crippen LogP contribution in [-0.4, -0.2) is 30.2 Å². The second-order valence-electron chi connectivity index (χ2n) is 6.23. The Morgan fingerprint density at radius 1 is 1.32 bits per heavy atom. The molecule has 0 atom stereocenters. The quantitative estimate of drug-likeness (QED) is 0.891. The second kappa shape index (κ2) is 6.64. The maximum atomic E-state index is 12.2. The Morgan fingerprint density at radius 3 is 2.64 bits per heavy atom. The zero-order valence-electron chi connectivity index (χ0n) is 13.9. The van der Waals surface area contributed by atoms with Crippen LogP contribution in [0.3, 0.4) is 0 Å². The van der Waals surface area contributed by atoms with Crippen LogP contribution in [0, 0.1) is 12.8 Å². The average molecular weight is 300 g/mol. The van der Waals surface area contributed by atoms with Crippen LogP contribution in [0.15, 0.2) is 24.3 Å². The largest absolute Gasteiger partial charge is 0.377 e. The summed E-state index contributed by atoms with van der Waals surface area (Å²) in [6.07, 6.45) is 0.886. The minimum Gasteiger partial charge on any atom is -0.377 e. The predicted octanol–water partition coefficient (Wildman–Crippen LogP) is 3.23. The third-order valence-electron chi connectivity index (χ3n) is 3.43. The van der Waals surface area contributed by atoms with Crippen molar-refractivity contribution >= 4 is 17.3 Å². The predicted molar refractivity (Wildman–Crippen MR) is 90.6 cm³/mol. The molecular weight excluding hydrogens is 276 g/mol. The first kappa shape index (κ1) is 16.1. The monoisotopic (exact) mass is 300 g/mol. The number of amides is 1. The fourth-order valence-corrected chi connectivity index (χ4v) is 2.45. The van der Waals surface area contributed by atoms with E-state index in [4.69, 9.17) is 0 Å². The summed E-state index contributed by atoms with van der Waals surface area (Å²) in [5.41, 5.74) is 4.44. The lowest BCUT2D eigenvalue weighted by Crippen LogP contribution is -2.14. The standard InChI is InChI=1S/C17H24N4O/c1-11(2)8-14-10-15(20-19-14)17(22)18-13-6-7-16(21(4)5)12(3)9-13/h6-7,9-11H,8H2,1-5H3,(H,18,22)(H,19,20). The van der Waals surface area contributed by atoms with Gasteiger partial charge >= 0.3 is 0 Å². The molecule has 0 aliphatic heterocycles. The molecule has 0 unspecified atom stereocenters. The second-order valence-corrected chi connectivity index (χ2v) is 6.23. The molecule has 0 spiro atoms. The maximum Gasteiger partial charge on any atom is 0.276 e. The van der Waals surface area contributed by atoms with Gasteiger partial charge in [-0.25, -0.2) is 0 Å². The third kappa shape index (κ3) is 3.87. The Kier molecular flexibility index (Phi) is 4.85. The number of nitrogens with one attached hydrogen (secondary N) is 2. The van der Waals surface area contributed by atoms with Crippen LogP contribution in [-0.2, 0) is 6.42 Å². The Labute approximate surface area is 131 Å². The fourth-order valence-electron chi connectivity index (χ4n) is 2.45. The molecule has 118 valence electrons. The Bertz CT molecular complexity index is 658. The lowest BCUT2D eigenvalue weighted by Gasteiger charge is -2.16. The van der Waals surface area contributed by atoms with E-state index in [1.54, 1.807) is 0 Å². The van der Waals surface area contributed by atoms with Crippen LogP contribution < -0.4 is 10.2 Å². The molecule has 0 aliphatic carbocycles. The van der Waals surface area contributed by atoms with Gasteiger partial charge in [-0.3, -0.25) is 9.89 Å². The Hall–Kier alpha value is -2.30. The summed E-state index contributed by atoms with van der Waals surface area (Å²) in [5, 5.41) is 9.90. The van der Waals surface area contributed by atoms with Crippen molar-refractivity contribution in [3.05, 3.63) is 41.2 Å². The Balaban J connectivity index is 2.08. The maximum absolute atomic E-state index is 12.2. The van der Waals surface area contributed by atoms with E-state index in [9.17, 15) is 4.79 Å². The van der Waals surface area contributed by atoms with E-state index in [1.807, 2.05) is 50.2 Å².